The summed E-state index contributed by atoms with van der Waals surface area (Å²) in [5.74, 6) is 0.248. The molecule has 1 saturated heterocycles. The maximum atomic E-state index is 12.3. The molecule has 0 bridgehead atoms. The lowest BCUT2D eigenvalue weighted by Gasteiger charge is -2.35. The van der Waals surface area contributed by atoms with Crippen molar-refractivity contribution in [1.29, 1.82) is 0 Å². The summed E-state index contributed by atoms with van der Waals surface area (Å²) in [6, 6.07) is 0.555. The molecule has 0 spiro atoms. The van der Waals surface area contributed by atoms with Crippen LogP contribution < -0.4 is 16.4 Å². The highest BCUT2D eigenvalue weighted by atomic mass is 35.5. The third-order valence-corrected chi connectivity index (χ3v) is 5.51. The van der Waals surface area contributed by atoms with E-state index in [9.17, 15) is 9.59 Å². The highest BCUT2D eigenvalue weighted by molar-refractivity contribution is 5.85. The number of hydrogen-bond donors (Lipinski definition) is 3. The number of nitrogens with two attached hydrogens (primary N) is 1. The van der Waals surface area contributed by atoms with Gasteiger partial charge in [-0.3, -0.25) is 4.79 Å². The van der Waals surface area contributed by atoms with Crippen molar-refractivity contribution in [1.82, 2.24) is 15.5 Å². The van der Waals surface area contributed by atoms with Gasteiger partial charge in [0, 0.05) is 38.1 Å². The van der Waals surface area contributed by atoms with Crippen molar-refractivity contribution in [3.05, 3.63) is 0 Å². The van der Waals surface area contributed by atoms with Crippen molar-refractivity contribution in [2.75, 3.05) is 19.6 Å². The second-order valence-corrected chi connectivity index (χ2v) is 7.52. The third-order valence-electron chi connectivity index (χ3n) is 5.51. The van der Waals surface area contributed by atoms with Crippen LogP contribution in [-0.2, 0) is 4.79 Å². The molecule has 1 heterocycles. The van der Waals surface area contributed by atoms with E-state index in [1.54, 1.807) is 0 Å². The topological polar surface area (TPSA) is 87.5 Å². The van der Waals surface area contributed by atoms with Gasteiger partial charge >= 0.3 is 6.03 Å². The fourth-order valence-corrected chi connectivity index (χ4v) is 3.98. The number of carbonyl (C=O) groups excluding carboxylic acids is 2. The van der Waals surface area contributed by atoms with E-state index in [2.05, 4.69) is 10.6 Å². The molecular weight excluding hydrogens is 352 g/mol. The van der Waals surface area contributed by atoms with Crippen molar-refractivity contribution in [3.8, 4) is 0 Å². The Kier molecular flexibility index (Phi) is 11.7. The van der Waals surface area contributed by atoms with E-state index >= 15 is 0 Å². The molecule has 2 fully saturated rings. The summed E-state index contributed by atoms with van der Waals surface area (Å²) in [5, 5.41) is 6.00. The second kappa shape index (κ2) is 13.2. The zero-order chi connectivity index (χ0) is 17.9. The Bertz CT molecular complexity index is 416. The molecule has 1 unspecified atom stereocenters. The normalized spacial score (nSPS) is 21.0. The number of nitrogens with one attached hydrogen (secondary N) is 2. The first-order valence-electron chi connectivity index (χ1n) is 10.2. The van der Waals surface area contributed by atoms with Gasteiger partial charge in [0.05, 0.1) is 0 Å². The Morgan fingerprint density at radius 3 is 2.42 bits per heavy atom. The molecule has 4 N–H and O–H groups in total. The number of amides is 3. The summed E-state index contributed by atoms with van der Waals surface area (Å²) in [4.78, 5) is 26.1. The van der Waals surface area contributed by atoms with Crippen LogP contribution in [0.15, 0.2) is 0 Å². The van der Waals surface area contributed by atoms with E-state index in [-0.39, 0.29) is 30.4 Å². The minimum Gasteiger partial charge on any atom is -0.338 e. The van der Waals surface area contributed by atoms with Gasteiger partial charge in [0.2, 0.25) is 5.91 Å². The van der Waals surface area contributed by atoms with Crippen LogP contribution in [0.5, 0.6) is 0 Å². The summed E-state index contributed by atoms with van der Waals surface area (Å²) in [6.07, 6.45) is 12.7. The number of nitrogens with zero attached hydrogens (tertiary/aromatic N) is 1. The lowest BCUT2D eigenvalue weighted by molar-refractivity contribution is -0.134. The zero-order valence-corrected chi connectivity index (χ0v) is 16.8. The largest absolute Gasteiger partial charge is 0.338 e. The maximum absolute atomic E-state index is 12.3. The van der Waals surface area contributed by atoms with Crippen LogP contribution in [0.2, 0.25) is 0 Å². The zero-order valence-electron chi connectivity index (χ0n) is 16.0. The smallest absolute Gasteiger partial charge is 0.315 e. The first kappa shape index (κ1) is 23.0. The van der Waals surface area contributed by atoms with E-state index in [0.29, 0.717) is 25.6 Å². The minimum absolute atomic E-state index is 0. The van der Waals surface area contributed by atoms with E-state index in [0.717, 1.165) is 51.5 Å². The molecule has 0 radical (unpaired) electrons. The first-order valence-corrected chi connectivity index (χ1v) is 10.2. The van der Waals surface area contributed by atoms with Crippen LogP contribution in [0, 0.1) is 0 Å². The van der Waals surface area contributed by atoms with Crippen LogP contribution in [0.3, 0.4) is 0 Å². The highest BCUT2D eigenvalue weighted by Gasteiger charge is 2.24. The Morgan fingerprint density at radius 2 is 1.69 bits per heavy atom. The molecule has 0 aromatic carbocycles. The Hall–Kier alpha value is -1.01. The van der Waals surface area contributed by atoms with Gasteiger partial charge in [-0.2, -0.15) is 0 Å². The molecular formula is C19H37ClN4O2. The van der Waals surface area contributed by atoms with Gasteiger partial charge < -0.3 is 21.3 Å². The Morgan fingerprint density at radius 1 is 0.962 bits per heavy atom. The number of halogens is 1. The average Bonchev–Trinajstić information content (AvgIpc) is 2.65. The van der Waals surface area contributed by atoms with E-state index in [1.807, 2.05) is 4.90 Å². The molecule has 0 aromatic heterocycles. The molecule has 1 aliphatic carbocycles. The average molecular weight is 389 g/mol. The Labute approximate surface area is 164 Å². The SMILES string of the molecule is Cl.NCC1CCCCN1C(=O)CCCCCNC(=O)NC1CCCCC1. The van der Waals surface area contributed by atoms with E-state index in [4.69, 9.17) is 5.73 Å². The van der Waals surface area contributed by atoms with E-state index in [1.165, 1.54) is 25.7 Å². The Balaban J connectivity index is 0.00000338. The molecule has 7 heteroatoms. The van der Waals surface area contributed by atoms with Gasteiger partial charge in [-0.15, -0.1) is 12.4 Å². The maximum Gasteiger partial charge on any atom is 0.315 e. The minimum atomic E-state index is -0.0397. The highest BCUT2D eigenvalue weighted by Crippen LogP contribution is 2.18. The number of unbranched alkanes of at least 4 members (excludes halogenated alkanes) is 2. The summed E-state index contributed by atoms with van der Waals surface area (Å²) in [6.45, 7) is 2.12. The van der Waals surface area contributed by atoms with Crippen LogP contribution in [0.1, 0.15) is 77.0 Å². The standard InChI is InChI=1S/C19H36N4O2.ClH/c20-15-17-11-6-8-14-23(17)18(24)12-5-2-7-13-21-19(25)22-16-9-3-1-4-10-16;/h16-17H,1-15,20H2,(H2,21,22,25);1H. The molecule has 2 aliphatic rings. The number of urea groups is 1. The lowest BCUT2D eigenvalue weighted by atomic mass is 9.96. The van der Waals surface area contributed by atoms with Crippen LogP contribution in [0.25, 0.3) is 0 Å². The van der Waals surface area contributed by atoms with Crippen LogP contribution >= 0.6 is 12.4 Å². The van der Waals surface area contributed by atoms with Crippen LogP contribution in [0.4, 0.5) is 4.79 Å². The molecule has 1 aliphatic heterocycles. The van der Waals surface area contributed by atoms with Gasteiger partial charge in [-0.25, -0.2) is 4.79 Å². The molecule has 6 nitrogen and oxygen atoms in total. The predicted octanol–water partition coefficient (Wildman–Crippen LogP) is 2.94. The summed E-state index contributed by atoms with van der Waals surface area (Å²) < 4.78 is 0. The van der Waals surface area contributed by atoms with Gasteiger partial charge in [0.15, 0.2) is 0 Å². The van der Waals surface area contributed by atoms with Crippen LogP contribution in [-0.4, -0.2) is 48.6 Å². The molecule has 0 aromatic rings. The molecule has 1 atom stereocenters. The van der Waals surface area contributed by atoms with Crippen molar-refractivity contribution in [3.63, 3.8) is 0 Å². The van der Waals surface area contributed by atoms with Crippen molar-refractivity contribution in [2.45, 2.75) is 89.1 Å². The number of rotatable bonds is 8. The fraction of sp³-hybridized carbons (Fsp3) is 0.895. The van der Waals surface area contributed by atoms with Gasteiger partial charge in [-0.05, 0) is 44.9 Å². The number of hydrogen-bond acceptors (Lipinski definition) is 3. The molecule has 3 amide bonds. The lowest BCUT2D eigenvalue weighted by Crippen LogP contribution is -2.47. The van der Waals surface area contributed by atoms with Crippen molar-refractivity contribution < 1.29 is 9.59 Å². The van der Waals surface area contributed by atoms with Crippen molar-refractivity contribution >= 4 is 24.3 Å². The first-order chi connectivity index (χ1) is 12.2. The van der Waals surface area contributed by atoms with E-state index < -0.39 is 0 Å². The van der Waals surface area contributed by atoms with Gasteiger partial charge in [0.25, 0.3) is 0 Å². The number of piperidine rings is 1. The number of carbonyl (C=O) groups is 2. The fourth-order valence-electron chi connectivity index (χ4n) is 3.98. The third kappa shape index (κ3) is 8.12. The molecule has 2 rings (SSSR count). The molecule has 26 heavy (non-hydrogen) atoms. The van der Waals surface area contributed by atoms with Gasteiger partial charge in [-0.1, -0.05) is 25.7 Å². The van der Waals surface area contributed by atoms with Gasteiger partial charge in [0.1, 0.15) is 0 Å². The summed E-state index contributed by atoms with van der Waals surface area (Å²) in [5.41, 5.74) is 5.78. The number of likely N-dealkylation sites (tertiary alicyclic amines) is 1. The van der Waals surface area contributed by atoms with Crippen molar-refractivity contribution in [2.24, 2.45) is 5.73 Å². The predicted molar refractivity (Wildman–Crippen MR) is 108 cm³/mol. The monoisotopic (exact) mass is 388 g/mol. The molecule has 1 saturated carbocycles. The molecule has 152 valence electrons. The second-order valence-electron chi connectivity index (χ2n) is 7.52. The summed E-state index contributed by atoms with van der Waals surface area (Å²) in [7, 11) is 0. The quantitative estimate of drug-likeness (QED) is 0.558. The summed E-state index contributed by atoms with van der Waals surface area (Å²) >= 11 is 0.